The number of benzene rings is 1. The average Bonchev–Trinajstić information content (AvgIpc) is 2.07. The van der Waals surface area contributed by atoms with Gasteiger partial charge in [-0.1, -0.05) is 43.0 Å². The van der Waals surface area contributed by atoms with Crippen molar-refractivity contribution in [3.8, 4) is 0 Å². The molecule has 1 radical (unpaired) electrons. The monoisotopic (exact) mass is 143 g/mol. The van der Waals surface area contributed by atoms with E-state index in [1.54, 1.807) is 6.08 Å². The third-order valence-corrected chi connectivity index (χ3v) is 1.55. The van der Waals surface area contributed by atoms with Gasteiger partial charge in [-0.05, 0) is 17.5 Å². The molecule has 0 bridgehead atoms. The van der Waals surface area contributed by atoms with E-state index < -0.39 is 0 Å². The van der Waals surface area contributed by atoms with Crippen molar-refractivity contribution in [1.82, 2.24) is 0 Å². The van der Waals surface area contributed by atoms with Crippen LogP contribution in [0.5, 0.6) is 0 Å². The van der Waals surface area contributed by atoms with Gasteiger partial charge in [-0.2, -0.15) is 0 Å². The van der Waals surface area contributed by atoms with Crippen LogP contribution in [0.3, 0.4) is 0 Å². The van der Waals surface area contributed by atoms with Crippen LogP contribution >= 0.6 is 0 Å². The first-order chi connectivity index (χ1) is 5.36. The fourth-order valence-corrected chi connectivity index (χ4v) is 0.931. The van der Waals surface area contributed by atoms with E-state index in [0.717, 1.165) is 12.0 Å². The molecule has 0 heteroatoms. The number of allylic oxidation sites excluding steroid dienone is 1. The van der Waals surface area contributed by atoms with Crippen molar-refractivity contribution in [3.05, 3.63) is 54.6 Å². The first-order valence-electron chi connectivity index (χ1n) is 3.61. The molecule has 0 atom stereocenters. The van der Waals surface area contributed by atoms with E-state index in [-0.39, 0.29) is 0 Å². The van der Waals surface area contributed by atoms with Crippen molar-refractivity contribution in [1.29, 1.82) is 0 Å². The van der Waals surface area contributed by atoms with Gasteiger partial charge in [0, 0.05) is 0 Å². The normalized spacial score (nSPS) is 9.09. The zero-order chi connectivity index (χ0) is 8.10. The molecule has 0 heterocycles. The highest BCUT2D eigenvalue weighted by Crippen LogP contribution is 2.05. The van der Waals surface area contributed by atoms with Crippen molar-refractivity contribution in [2.24, 2.45) is 0 Å². The van der Waals surface area contributed by atoms with Crippen molar-refractivity contribution in [2.75, 3.05) is 0 Å². The Morgan fingerprint density at radius 2 is 1.91 bits per heavy atom. The average molecular weight is 143 g/mol. The highest BCUT2D eigenvalue weighted by molar-refractivity contribution is 5.46. The standard InChI is InChI=1S/C11H11/c1-3-5-11-8-6-10(4-2)7-9-11/h2-4,6-9H,1,5H2. The Bertz CT molecular complexity index is 241. The summed E-state index contributed by atoms with van der Waals surface area (Å²) in [6.07, 6.45) is 4.41. The van der Waals surface area contributed by atoms with E-state index in [1.807, 2.05) is 18.2 Å². The third-order valence-electron chi connectivity index (χ3n) is 1.55. The molecular weight excluding hydrogens is 132 g/mol. The first-order valence-corrected chi connectivity index (χ1v) is 3.61. The van der Waals surface area contributed by atoms with Crippen molar-refractivity contribution in [2.45, 2.75) is 6.42 Å². The molecule has 0 nitrogen and oxygen atoms in total. The molecule has 1 aromatic carbocycles. The predicted octanol–water partition coefficient (Wildman–Crippen LogP) is 2.86. The maximum atomic E-state index is 5.33. The molecule has 0 amide bonds. The fraction of sp³-hybridized carbons (Fsp3) is 0.0909. The van der Waals surface area contributed by atoms with Crippen LogP contribution in [0.1, 0.15) is 11.1 Å². The SMILES string of the molecule is [CH]=Cc1ccc(CC=C)cc1. The van der Waals surface area contributed by atoms with E-state index in [4.69, 9.17) is 6.58 Å². The Morgan fingerprint density at radius 1 is 1.27 bits per heavy atom. The number of rotatable bonds is 3. The molecule has 0 aliphatic heterocycles. The van der Waals surface area contributed by atoms with Crippen LogP contribution in [0.15, 0.2) is 36.9 Å². The minimum absolute atomic E-state index is 0.921. The Kier molecular flexibility index (Phi) is 2.67. The van der Waals surface area contributed by atoms with Gasteiger partial charge in [0.25, 0.3) is 0 Å². The molecular formula is C11H11. The summed E-state index contributed by atoms with van der Waals surface area (Å²) in [6.45, 7) is 8.99. The Hall–Kier alpha value is -1.30. The van der Waals surface area contributed by atoms with Crippen molar-refractivity contribution in [3.63, 3.8) is 0 Å². The topological polar surface area (TPSA) is 0 Å². The summed E-state index contributed by atoms with van der Waals surface area (Å²) in [6, 6.07) is 8.11. The molecule has 0 saturated carbocycles. The molecule has 0 aliphatic carbocycles. The van der Waals surface area contributed by atoms with Crippen LogP contribution in [0.4, 0.5) is 0 Å². The second-order valence-electron chi connectivity index (χ2n) is 2.40. The number of hydrogen-bond acceptors (Lipinski definition) is 0. The first kappa shape index (κ1) is 7.80. The van der Waals surface area contributed by atoms with Crippen LogP contribution in [-0.2, 0) is 6.42 Å². The van der Waals surface area contributed by atoms with E-state index in [0.29, 0.717) is 0 Å². The lowest BCUT2D eigenvalue weighted by Crippen LogP contribution is -1.79. The summed E-state index contributed by atoms with van der Waals surface area (Å²) in [7, 11) is 0. The molecule has 0 spiro atoms. The zero-order valence-electron chi connectivity index (χ0n) is 6.46. The smallest absolute Gasteiger partial charge is 0.0100 e. The highest BCUT2D eigenvalue weighted by Gasteiger charge is 1.87. The number of hydrogen-bond donors (Lipinski definition) is 0. The maximum Gasteiger partial charge on any atom is -0.0100 e. The highest BCUT2D eigenvalue weighted by atomic mass is 13.9. The fourth-order valence-electron chi connectivity index (χ4n) is 0.931. The van der Waals surface area contributed by atoms with Gasteiger partial charge in [-0.25, -0.2) is 0 Å². The molecule has 0 aromatic heterocycles. The van der Waals surface area contributed by atoms with Gasteiger partial charge >= 0.3 is 0 Å². The molecule has 0 saturated heterocycles. The van der Waals surface area contributed by atoms with Crippen LogP contribution in [-0.4, -0.2) is 0 Å². The molecule has 0 N–H and O–H groups in total. The molecule has 55 valence electrons. The summed E-state index contributed by atoms with van der Waals surface area (Å²) < 4.78 is 0. The largest absolute Gasteiger partial charge is 0.103 e. The molecule has 0 fully saturated rings. The summed E-state index contributed by atoms with van der Waals surface area (Å²) >= 11 is 0. The van der Waals surface area contributed by atoms with E-state index >= 15 is 0 Å². The summed E-state index contributed by atoms with van der Waals surface area (Å²) in [5, 5.41) is 0. The molecule has 0 aliphatic rings. The maximum absolute atomic E-state index is 5.33. The molecule has 1 aromatic rings. The summed E-state index contributed by atoms with van der Waals surface area (Å²) in [5.74, 6) is 0. The molecule has 0 unspecified atom stereocenters. The van der Waals surface area contributed by atoms with Crippen LogP contribution in [0, 0.1) is 6.58 Å². The van der Waals surface area contributed by atoms with Gasteiger partial charge in [0.15, 0.2) is 0 Å². The Morgan fingerprint density at radius 3 is 2.36 bits per heavy atom. The predicted molar refractivity (Wildman–Crippen MR) is 49.1 cm³/mol. The van der Waals surface area contributed by atoms with E-state index in [1.165, 1.54) is 5.56 Å². The lowest BCUT2D eigenvalue weighted by atomic mass is 10.1. The summed E-state index contributed by atoms with van der Waals surface area (Å²) in [5.41, 5.74) is 2.32. The molecule has 1 rings (SSSR count). The zero-order valence-corrected chi connectivity index (χ0v) is 6.46. The van der Waals surface area contributed by atoms with Gasteiger partial charge in [-0.3, -0.25) is 0 Å². The minimum Gasteiger partial charge on any atom is -0.103 e. The summed E-state index contributed by atoms with van der Waals surface area (Å²) in [4.78, 5) is 0. The van der Waals surface area contributed by atoms with Crippen LogP contribution in [0.2, 0.25) is 0 Å². The van der Waals surface area contributed by atoms with Gasteiger partial charge in [0.05, 0.1) is 0 Å². The Balaban J connectivity index is 2.81. The van der Waals surface area contributed by atoms with E-state index in [9.17, 15) is 0 Å². The second kappa shape index (κ2) is 3.77. The Labute approximate surface area is 67.9 Å². The van der Waals surface area contributed by atoms with Crippen molar-refractivity contribution >= 4 is 6.08 Å². The van der Waals surface area contributed by atoms with Crippen LogP contribution in [0.25, 0.3) is 6.08 Å². The second-order valence-corrected chi connectivity index (χ2v) is 2.40. The lowest BCUT2D eigenvalue weighted by molar-refractivity contribution is 1.28. The van der Waals surface area contributed by atoms with Gasteiger partial charge in [0.1, 0.15) is 0 Å². The third kappa shape index (κ3) is 2.08. The quantitative estimate of drug-likeness (QED) is 0.571. The van der Waals surface area contributed by atoms with Gasteiger partial charge < -0.3 is 0 Å². The van der Waals surface area contributed by atoms with Crippen molar-refractivity contribution < 1.29 is 0 Å². The van der Waals surface area contributed by atoms with Gasteiger partial charge in [-0.15, -0.1) is 6.58 Å². The lowest BCUT2D eigenvalue weighted by Gasteiger charge is -1.96. The van der Waals surface area contributed by atoms with Crippen LogP contribution < -0.4 is 0 Å². The van der Waals surface area contributed by atoms with E-state index in [2.05, 4.69) is 18.7 Å². The molecule has 11 heavy (non-hydrogen) atoms. The van der Waals surface area contributed by atoms with Gasteiger partial charge in [0.2, 0.25) is 0 Å². The minimum atomic E-state index is 0.921.